The maximum absolute atomic E-state index is 14.1. The predicted molar refractivity (Wildman–Crippen MR) is 163 cm³/mol. The molecule has 9 nitrogen and oxygen atoms in total. The van der Waals surface area contributed by atoms with Gasteiger partial charge in [-0.1, -0.05) is 18.2 Å². The third-order valence-electron chi connectivity index (χ3n) is 8.80. The Hall–Kier alpha value is -4.61. The predicted octanol–water partition coefficient (Wildman–Crippen LogP) is 5.00. The van der Waals surface area contributed by atoms with Gasteiger partial charge >= 0.3 is 6.18 Å². The minimum Gasteiger partial charge on any atom is -0.495 e. The van der Waals surface area contributed by atoms with E-state index in [1.807, 2.05) is 0 Å². The van der Waals surface area contributed by atoms with Crippen LogP contribution in [0.5, 0.6) is 11.5 Å². The average Bonchev–Trinajstić information content (AvgIpc) is 3.95. The second-order valence-electron chi connectivity index (χ2n) is 12.1. The number of primary amides is 1. The zero-order chi connectivity index (χ0) is 32.1. The highest BCUT2D eigenvalue weighted by Crippen LogP contribution is 2.50. The van der Waals surface area contributed by atoms with E-state index in [9.17, 15) is 22.8 Å². The number of benzene rings is 2. The molecule has 0 radical (unpaired) electrons. The summed E-state index contributed by atoms with van der Waals surface area (Å²) in [6.45, 7) is 1.64. The summed E-state index contributed by atoms with van der Waals surface area (Å²) in [5.41, 5.74) is 11.8. The van der Waals surface area contributed by atoms with Crippen LogP contribution in [0, 0.1) is 5.92 Å². The molecule has 236 valence electrons. The lowest BCUT2D eigenvalue weighted by atomic mass is 9.82. The largest absolute Gasteiger partial charge is 0.495 e. The molecule has 1 aromatic heterocycles. The topological polar surface area (TPSA) is 142 Å². The number of ether oxygens (including phenoxy) is 2. The quantitative estimate of drug-likeness (QED) is 0.215. The lowest BCUT2D eigenvalue weighted by Crippen LogP contribution is -2.40. The van der Waals surface area contributed by atoms with Crippen LogP contribution in [-0.4, -0.2) is 49.3 Å². The Morgan fingerprint density at radius 2 is 1.93 bits per heavy atom. The van der Waals surface area contributed by atoms with E-state index in [2.05, 4.69) is 10.3 Å². The number of aromatic nitrogens is 1. The Kier molecular flexibility index (Phi) is 7.70. The van der Waals surface area contributed by atoms with Gasteiger partial charge in [0.1, 0.15) is 29.2 Å². The zero-order valence-corrected chi connectivity index (χ0v) is 24.9. The van der Waals surface area contributed by atoms with Crippen molar-refractivity contribution in [3.05, 3.63) is 70.4 Å². The van der Waals surface area contributed by atoms with E-state index in [1.165, 1.54) is 25.3 Å². The lowest BCUT2D eigenvalue weighted by molar-refractivity contribution is -0.137. The Labute approximate surface area is 258 Å². The number of methoxy groups -OCH3 is 1. The third-order valence-corrected chi connectivity index (χ3v) is 8.80. The maximum Gasteiger partial charge on any atom is 0.417 e. The molecule has 0 saturated heterocycles. The van der Waals surface area contributed by atoms with Gasteiger partial charge in [-0.05, 0) is 62.8 Å². The van der Waals surface area contributed by atoms with Crippen molar-refractivity contribution in [1.82, 2.24) is 10.3 Å². The van der Waals surface area contributed by atoms with E-state index in [0.29, 0.717) is 33.8 Å². The molecule has 0 unspecified atom stereocenters. The van der Waals surface area contributed by atoms with Crippen molar-refractivity contribution < 1.29 is 32.2 Å². The first-order chi connectivity index (χ1) is 21.4. The molecule has 12 heteroatoms. The number of fused-ring (bicyclic) bond motifs is 1. The van der Waals surface area contributed by atoms with Crippen molar-refractivity contribution in [2.75, 3.05) is 26.0 Å². The van der Waals surface area contributed by atoms with Crippen LogP contribution in [0.15, 0.2) is 47.5 Å². The van der Waals surface area contributed by atoms with Gasteiger partial charge in [0.2, 0.25) is 5.91 Å². The number of amides is 2. The van der Waals surface area contributed by atoms with Crippen molar-refractivity contribution in [2.45, 2.75) is 56.2 Å². The fourth-order valence-electron chi connectivity index (χ4n) is 5.70. The number of hydrogen-bond acceptors (Lipinski definition) is 7. The van der Waals surface area contributed by atoms with Crippen LogP contribution in [0.2, 0.25) is 0 Å². The SMILES string of the molecule is COc1cc(C(=O)NC[C@H](c2cc3c(c(-c4ccccc4C(F)(F)F)n2)OC[C@]3(C)C(N)=O)C2CC2)cc(C=NC2CC2)c1N. The number of carbonyl (C=O) groups excluding carboxylic acids is 2. The molecule has 2 atom stereocenters. The number of nitrogens with one attached hydrogen (secondary N) is 1. The number of nitrogens with zero attached hydrogens (tertiary/aromatic N) is 2. The molecule has 3 aliphatic rings. The molecule has 5 N–H and O–H groups in total. The number of anilines is 1. The number of nitrogen functional groups attached to an aromatic ring is 1. The first kappa shape index (κ1) is 30.4. The molecule has 2 saturated carbocycles. The number of rotatable bonds is 10. The first-order valence-corrected chi connectivity index (χ1v) is 14.8. The summed E-state index contributed by atoms with van der Waals surface area (Å²) in [4.78, 5) is 35.3. The normalized spacial score (nSPS) is 20.0. The fourth-order valence-corrected chi connectivity index (χ4v) is 5.70. The standard InChI is InChI=1S/C33H34F3N5O4/c1-32(31(38)43)16-45-29-24(32)13-25(41-28(29)21-5-3-4-6-23(21)33(34,35)36)22(17-7-8-17)15-40-30(42)18-11-19(14-39-20-9-10-20)27(37)26(12-18)44-2/h3-6,11-14,17,20,22H,7-10,15-16,37H2,1-2H3,(H2,38,43)(H,40,42)/t22-,32-/m0/s1. The minimum absolute atomic E-state index is 0.0137. The molecule has 45 heavy (non-hydrogen) atoms. The van der Waals surface area contributed by atoms with Crippen molar-refractivity contribution in [3.8, 4) is 22.8 Å². The van der Waals surface area contributed by atoms with E-state index in [4.69, 9.17) is 25.9 Å². The molecule has 6 rings (SSSR count). The zero-order valence-electron chi connectivity index (χ0n) is 24.9. The van der Waals surface area contributed by atoms with Crippen molar-refractivity contribution >= 4 is 23.7 Å². The highest BCUT2D eigenvalue weighted by Gasteiger charge is 2.46. The van der Waals surface area contributed by atoms with Crippen LogP contribution in [0.3, 0.4) is 0 Å². The molecular formula is C33H34F3N5O4. The van der Waals surface area contributed by atoms with Gasteiger partial charge in [-0.2, -0.15) is 13.2 Å². The van der Waals surface area contributed by atoms with Crippen LogP contribution in [0.25, 0.3) is 11.3 Å². The number of carbonyl (C=O) groups is 2. The number of aliphatic imine (C=N–C) groups is 1. The number of pyridine rings is 1. The van der Waals surface area contributed by atoms with E-state index in [-0.39, 0.29) is 53.9 Å². The summed E-state index contributed by atoms with van der Waals surface area (Å²) in [6.07, 6.45) is 0.747. The molecule has 2 heterocycles. The molecule has 1 aliphatic heterocycles. The molecule has 2 aromatic carbocycles. The molecule has 2 fully saturated rings. The van der Waals surface area contributed by atoms with Crippen LogP contribution in [-0.2, 0) is 16.4 Å². The maximum atomic E-state index is 14.1. The molecule has 2 amide bonds. The second kappa shape index (κ2) is 11.4. The van der Waals surface area contributed by atoms with Gasteiger partial charge in [0.05, 0.1) is 24.4 Å². The Morgan fingerprint density at radius 1 is 1.20 bits per heavy atom. The molecule has 2 aliphatic carbocycles. The van der Waals surface area contributed by atoms with E-state index < -0.39 is 23.1 Å². The monoisotopic (exact) mass is 621 g/mol. The molecule has 0 spiro atoms. The highest BCUT2D eigenvalue weighted by molar-refractivity contribution is 5.99. The smallest absolute Gasteiger partial charge is 0.417 e. The summed E-state index contributed by atoms with van der Waals surface area (Å²) in [5.74, 6) is -0.814. The summed E-state index contributed by atoms with van der Waals surface area (Å²) in [6, 6.07) is 10.3. The van der Waals surface area contributed by atoms with E-state index in [0.717, 1.165) is 31.7 Å². The third kappa shape index (κ3) is 5.93. The molecular weight excluding hydrogens is 587 g/mol. The molecule has 3 aromatic rings. The van der Waals surface area contributed by atoms with Crippen LogP contribution < -0.4 is 26.3 Å². The first-order valence-electron chi connectivity index (χ1n) is 14.8. The summed E-state index contributed by atoms with van der Waals surface area (Å²) < 4.78 is 53.6. The summed E-state index contributed by atoms with van der Waals surface area (Å²) >= 11 is 0. The Bertz CT molecular complexity index is 1700. The van der Waals surface area contributed by atoms with Gasteiger partial charge in [-0.25, -0.2) is 4.98 Å². The van der Waals surface area contributed by atoms with E-state index in [1.54, 1.807) is 31.3 Å². The van der Waals surface area contributed by atoms with Crippen LogP contribution >= 0.6 is 0 Å². The van der Waals surface area contributed by atoms with Gasteiger partial charge in [-0.15, -0.1) is 0 Å². The van der Waals surface area contributed by atoms with Crippen LogP contribution in [0.1, 0.15) is 71.3 Å². The molecule has 0 bridgehead atoms. The van der Waals surface area contributed by atoms with Gasteiger partial charge < -0.3 is 26.3 Å². The van der Waals surface area contributed by atoms with Crippen LogP contribution in [0.4, 0.5) is 18.9 Å². The Morgan fingerprint density at radius 3 is 2.58 bits per heavy atom. The number of alkyl halides is 3. The van der Waals surface area contributed by atoms with Gasteiger partial charge in [-0.3, -0.25) is 14.6 Å². The lowest BCUT2D eigenvalue weighted by Gasteiger charge is -2.23. The number of halogens is 3. The van der Waals surface area contributed by atoms with Gasteiger partial charge in [0, 0.05) is 46.6 Å². The number of hydrogen-bond donors (Lipinski definition) is 3. The van der Waals surface area contributed by atoms with Gasteiger partial charge in [0.25, 0.3) is 5.91 Å². The second-order valence-corrected chi connectivity index (χ2v) is 12.1. The average molecular weight is 622 g/mol. The Balaban J connectivity index is 1.37. The summed E-state index contributed by atoms with van der Waals surface area (Å²) in [7, 11) is 1.47. The van der Waals surface area contributed by atoms with Crippen molar-refractivity contribution in [1.29, 1.82) is 0 Å². The minimum atomic E-state index is -4.65. The van der Waals surface area contributed by atoms with Gasteiger partial charge in [0.15, 0.2) is 0 Å². The van der Waals surface area contributed by atoms with Crippen molar-refractivity contribution in [3.63, 3.8) is 0 Å². The fraction of sp³-hybridized carbons (Fsp3) is 0.394. The highest BCUT2D eigenvalue weighted by atomic mass is 19.4. The summed E-state index contributed by atoms with van der Waals surface area (Å²) in [5, 5.41) is 2.98. The van der Waals surface area contributed by atoms with Crippen molar-refractivity contribution in [2.24, 2.45) is 16.6 Å². The van der Waals surface area contributed by atoms with E-state index >= 15 is 0 Å². The number of nitrogens with two attached hydrogens (primary N) is 2.